The second-order valence-corrected chi connectivity index (χ2v) is 5.29. The SMILES string of the molecule is CON1c2cccc(F)c2C(=O)C(C(=O)O)[C@]1(F)c1ccccc1. The summed E-state index contributed by atoms with van der Waals surface area (Å²) in [7, 11) is 1.13. The van der Waals surface area contributed by atoms with Gasteiger partial charge < -0.3 is 5.11 Å². The molecule has 3 rings (SSSR count). The Morgan fingerprint density at radius 1 is 1.21 bits per heavy atom. The minimum absolute atomic E-state index is 0.0810. The van der Waals surface area contributed by atoms with Gasteiger partial charge in [0, 0.05) is 5.56 Å². The number of carboxylic acid groups (broad SMARTS) is 1. The first-order valence-electron chi connectivity index (χ1n) is 7.07. The van der Waals surface area contributed by atoms with Crippen LogP contribution in [-0.4, -0.2) is 24.0 Å². The number of carboxylic acids is 1. The monoisotopic (exact) mass is 333 g/mol. The first-order chi connectivity index (χ1) is 11.4. The lowest BCUT2D eigenvalue weighted by Gasteiger charge is -2.44. The molecule has 0 bridgehead atoms. The maximum absolute atomic E-state index is 16.0. The summed E-state index contributed by atoms with van der Waals surface area (Å²) in [5.41, 5.74) is -0.746. The lowest BCUT2D eigenvalue weighted by Crippen LogP contribution is -2.57. The summed E-state index contributed by atoms with van der Waals surface area (Å²) in [6, 6.07) is 10.9. The largest absolute Gasteiger partial charge is 0.481 e. The number of aliphatic carboxylic acids is 1. The van der Waals surface area contributed by atoms with E-state index < -0.39 is 34.8 Å². The number of benzene rings is 2. The van der Waals surface area contributed by atoms with Gasteiger partial charge in [0.2, 0.25) is 0 Å². The number of Topliss-reactive ketones (excluding diaryl/α,β-unsaturated/α-hetero) is 1. The third-order valence-electron chi connectivity index (χ3n) is 4.01. The van der Waals surface area contributed by atoms with Crippen molar-refractivity contribution in [3.63, 3.8) is 0 Å². The van der Waals surface area contributed by atoms with Gasteiger partial charge in [-0.05, 0) is 12.1 Å². The minimum Gasteiger partial charge on any atom is -0.481 e. The lowest BCUT2D eigenvalue weighted by atomic mass is 9.80. The molecule has 0 saturated carbocycles. The van der Waals surface area contributed by atoms with Gasteiger partial charge >= 0.3 is 5.97 Å². The highest BCUT2D eigenvalue weighted by atomic mass is 19.1. The van der Waals surface area contributed by atoms with Crippen LogP contribution in [0, 0.1) is 11.7 Å². The summed E-state index contributed by atoms with van der Waals surface area (Å²) in [4.78, 5) is 29.3. The van der Waals surface area contributed by atoms with E-state index in [9.17, 15) is 19.1 Å². The number of halogens is 2. The average molecular weight is 333 g/mol. The van der Waals surface area contributed by atoms with Crippen molar-refractivity contribution in [3.05, 3.63) is 65.5 Å². The number of rotatable bonds is 3. The Labute approximate surface area is 136 Å². The van der Waals surface area contributed by atoms with Gasteiger partial charge in [0.25, 0.3) is 5.79 Å². The van der Waals surface area contributed by atoms with E-state index in [1.54, 1.807) is 6.07 Å². The Kier molecular flexibility index (Phi) is 3.81. The molecule has 2 atom stereocenters. The van der Waals surface area contributed by atoms with E-state index in [-0.39, 0.29) is 11.3 Å². The maximum atomic E-state index is 16.0. The summed E-state index contributed by atoms with van der Waals surface area (Å²) in [5, 5.41) is 10.1. The molecule has 0 aromatic heterocycles. The Morgan fingerprint density at radius 3 is 2.46 bits per heavy atom. The van der Waals surface area contributed by atoms with Crippen molar-refractivity contribution in [3.8, 4) is 0 Å². The fraction of sp³-hybridized carbons (Fsp3) is 0.176. The van der Waals surface area contributed by atoms with Crippen molar-refractivity contribution in [2.24, 2.45) is 5.92 Å². The summed E-state index contributed by atoms with van der Waals surface area (Å²) in [5.74, 6) is -8.78. The molecule has 7 heteroatoms. The first kappa shape index (κ1) is 16.1. The van der Waals surface area contributed by atoms with Gasteiger partial charge in [0.05, 0.1) is 18.4 Å². The molecule has 5 nitrogen and oxygen atoms in total. The number of carbonyl (C=O) groups excluding carboxylic acids is 1. The average Bonchev–Trinajstić information content (AvgIpc) is 2.55. The zero-order valence-electron chi connectivity index (χ0n) is 12.6. The van der Waals surface area contributed by atoms with Crippen molar-refractivity contribution in [2.75, 3.05) is 12.2 Å². The van der Waals surface area contributed by atoms with Crippen molar-refractivity contribution >= 4 is 17.4 Å². The third kappa shape index (κ3) is 2.09. The molecule has 1 heterocycles. The number of nitrogens with zero attached hydrogens (tertiary/aromatic N) is 1. The van der Waals surface area contributed by atoms with Crippen LogP contribution in [0.4, 0.5) is 14.5 Å². The molecule has 2 aromatic rings. The van der Waals surface area contributed by atoms with Crippen molar-refractivity contribution < 1.29 is 28.3 Å². The second-order valence-electron chi connectivity index (χ2n) is 5.29. The van der Waals surface area contributed by atoms with Crippen LogP contribution in [0.2, 0.25) is 0 Å². The number of alkyl halides is 1. The normalized spacial score (nSPS) is 23.0. The molecule has 124 valence electrons. The Hall–Kier alpha value is -2.80. The highest BCUT2D eigenvalue weighted by Gasteiger charge is 2.59. The lowest BCUT2D eigenvalue weighted by molar-refractivity contribution is -0.149. The first-order valence-corrected chi connectivity index (χ1v) is 7.07. The van der Waals surface area contributed by atoms with Crippen LogP contribution in [0.25, 0.3) is 0 Å². The van der Waals surface area contributed by atoms with Crippen molar-refractivity contribution in [2.45, 2.75) is 5.79 Å². The van der Waals surface area contributed by atoms with Gasteiger partial charge in [-0.25, -0.2) is 13.8 Å². The molecule has 0 spiro atoms. The molecule has 0 amide bonds. The van der Waals surface area contributed by atoms with Crippen molar-refractivity contribution in [1.29, 1.82) is 0 Å². The molecule has 0 aliphatic carbocycles. The smallest absolute Gasteiger partial charge is 0.320 e. The Bertz CT molecular complexity index is 811. The maximum Gasteiger partial charge on any atom is 0.320 e. The number of ketones is 1. The van der Waals surface area contributed by atoms with Crippen LogP contribution >= 0.6 is 0 Å². The summed E-state index contributed by atoms with van der Waals surface area (Å²) < 4.78 is 30.1. The van der Waals surface area contributed by atoms with Gasteiger partial charge in [-0.15, -0.1) is 0 Å². The van der Waals surface area contributed by atoms with E-state index in [4.69, 9.17) is 4.84 Å². The quantitative estimate of drug-likeness (QED) is 0.691. The third-order valence-corrected chi connectivity index (χ3v) is 4.01. The molecule has 1 aliphatic heterocycles. The molecule has 0 radical (unpaired) electrons. The number of fused-ring (bicyclic) bond motifs is 1. The van der Waals surface area contributed by atoms with Crippen LogP contribution in [0.1, 0.15) is 15.9 Å². The highest BCUT2D eigenvalue weighted by molar-refractivity contribution is 6.14. The molecule has 0 saturated heterocycles. The van der Waals surface area contributed by atoms with E-state index >= 15 is 4.39 Å². The molecule has 1 aliphatic rings. The number of hydrogen-bond acceptors (Lipinski definition) is 4. The molecule has 24 heavy (non-hydrogen) atoms. The number of hydroxylamine groups is 1. The van der Waals surface area contributed by atoms with Crippen LogP contribution in [0.5, 0.6) is 0 Å². The standard InChI is InChI=1S/C17H13F2NO4/c1-24-20-12-9-5-8-11(18)13(12)15(21)14(16(22)23)17(20,19)10-6-3-2-4-7-10/h2-9,14H,1H3,(H,22,23)/t14?,17-/m0/s1. The van der Waals surface area contributed by atoms with Crippen molar-refractivity contribution in [1.82, 2.24) is 0 Å². The fourth-order valence-electron chi connectivity index (χ4n) is 3.00. The van der Waals surface area contributed by atoms with E-state index in [2.05, 4.69) is 0 Å². The Morgan fingerprint density at radius 2 is 1.88 bits per heavy atom. The molecule has 2 aromatic carbocycles. The van der Waals surface area contributed by atoms with Crippen LogP contribution in [-0.2, 0) is 15.4 Å². The van der Waals surface area contributed by atoms with E-state index in [1.165, 1.54) is 36.4 Å². The number of hydrogen-bond donors (Lipinski definition) is 1. The van der Waals surface area contributed by atoms with E-state index in [1.807, 2.05) is 0 Å². The predicted molar refractivity (Wildman–Crippen MR) is 80.6 cm³/mol. The Balaban J connectivity index is 2.35. The van der Waals surface area contributed by atoms with Gasteiger partial charge in [-0.1, -0.05) is 36.4 Å². The summed E-state index contributed by atoms with van der Waals surface area (Å²) in [6.07, 6.45) is 0. The fourth-order valence-corrected chi connectivity index (χ4v) is 3.00. The van der Waals surface area contributed by atoms with E-state index in [0.29, 0.717) is 5.06 Å². The summed E-state index contributed by atoms with van der Waals surface area (Å²) in [6.45, 7) is 0. The van der Waals surface area contributed by atoms with Gasteiger partial charge in [-0.2, -0.15) is 0 Å². The highest BCUT2D eigenvalue weighted by Crippen LogP contribution is 2.48. The predicted octanol–water partition coefficient (Wildman–Crippen LogP) is 2.91. The molecule has 1 unspecified atom stereocenters. The molecular formula is C17H13F2NO4. The topological polar surface area (TPSA) is 66.8 Å². The zero-order chi connectivity index (χ0) is 17.5. The summed E-state index contributed by atoms with van der Waals surface area (Å²) >= 11 is 0. The zero-order valence-corrected chi connectivity index (χ0v) is 12.6. The second kappa shape index (κ2) is 5.68. The van der Waals surface area contributed by atoms with Gasteiger partial charge in [0.1, 0.15) is 5.82 Å². The van der Waals surface area contributed by atoms with Gasteiger partial charge in [-0.3, -0.25) is 14.4 Å². The van der Waals surface area contributed by atoms with E-state index in [0.717, 1.165) is 13.2 Å². The van der Waals surface area contributed by atoms with Crippen LogP contribution in [0.3, 0.4) is 0 Å². The van der Waals surface area contributed by atoms with Crippen LogP contribution in [0.15, 0.2) is 48.5 Å². The number of anilines is 1. The molecule has 1 N–H and O–H groups in total. The van der Waals surface area contributed by atoms with Crippen LogP contribution < -0.4 is 5.06 Å². The van der Waals surface area contributed by atoms with Gasteiger partial charge in [0.15, 0.2) is 11.7 Å². The number of carbonyl (C=O) groups is 2. The minimum atomic E-state index is -2.82. The molecule has 0 fully saturated rings. The molecular weight excluding hydrogens is 320 g/mol.